The summed E-state index contributed by atoms with van der Waals surface area (Å²) in [5, 5.41) is 13.2. The number of nitrogens with zero attached hydrogens (tertiary/aromatic N) is 1. The highest BCUT2D eigenvalue weighted by atomic mass is 16.3. The lowest BCUT2D eigenvalue weighted by atomic mass is 9.96. The average molecular weight is 270 g/mol. The summed E-state index contributed by atoms with van der Waals surface area (Å²) in [5.41, 5.74) is -0.0725. The van der Waals surface area contributed by atoms with Gasteiger partial charge in [0.1, 0.15) is 0 Å². The summed E-state index contributed by atoms with van der Waals surface area (Å²) in [6, 6.07) is 0.666. The molecule has 2 unspecified atom stereocenters. The van der Waals surface area contributed by atoms with Crippen molar-refractivity contribution in [2.45, 2.75) is 71.4 Å². The lowest BCUT2D eigenvalue weighted by Gasteiger charge is -2.31. The summed E-state index contributed by atoms with van der Waals surface area (Å²) in [5.74, 6) is 0.786. The predicted octanol–water partition coefficient (Wildman–Crippen LogP) is 2.64. The van der Waals surface area contributed by atoms with Gasteiger partial charge in [0.25, 0.3) is 0 Å². The van der Waals surface area contributed by atoms with Crippen molar-refractivity contribution in [2.75, 3.05) is 26.2 Å². The van der Waals surface area contributed by atoms with Crippen LogP contribution in [-0.2, 0) is 0 Å². The highest BCUT2D eigenvalue weighted by Crippen LogP contribution is 2.24. The standard InChI is InChI=1S/C16H34N2O/c1-5-14(3)12-18(6-2)11-7-10-16(4,13-19)17-15-8-9-15/h14-15,17,19H,5-13H2,1-4H3. The van der Waals surface area contributed by atoms with E-state index < -0.39 is 0 Å². The molecule has 1 aliphatic carbocycles. The Morgan fingerprint density at radius 3 is 2.53 bits per heavy atom. The molecule has 1 aliphatic rings. The molecule has 0 radical (unpaired) electrons. The molecule has 0 heterocycles. The summed E-state index contributed by atoms with van der Waals surface area (Å²) in [6.45, 7) is 12.8. The fourth-order valence-corrected chi connectivity index (χ4v) is 2.56. The summed E-state index contributed by atoms with van der Waals surface area (Å²) >= 11 is 0. The van der Waals surface area contributed by atoms with Crippen LogP contribution in [0.4, 0.5) is 0 Å². The minimum Gasteiger partial charge on any atom is -0.394 e. The van der Waals surface area contributed by atoms with Gasteiger partial charge in [0.15, 0.2) is 0 Å². The lowest BCUT2D eigenvalue weighted by molar-refractivity contribution is 0.153. The monoisotopic (exact) mass is 270 g/mol. The van der Waals surface area contributed by atoms with Gasteiger partial charge in [0, 0.05) is 18.1 Å². The molecule has 0 aliphatic heterocycles. The van der Waals surface area contributed by atoms with Crippen molar-refractivity contribution in [1.29, 1.82) is 0 Å². The zero-order valence-electron chi connectivity index (χ0n) is 13.4. The van der Waals surface area contributed by atoms with Crippen LogP contribution in [0.1, 0.15) is 59.8 Å². The van der Waals surface area contributed by atoms with E-state index in [0.29, 0.717) is 6.04 Å². The quantitative estimate of drug-likeness (QED) is 0.606. The molecule has 1 rings (SSSR count). The number of aliphatic hydroxyl groups is 1. The van der Waals surface area contributed by atoms with Crippen LogP contribution in [0.2, 0.25) is 0 Å². The van der Waals surface area contributed by atoms with Gasteiger partial charge in [0.05, 0.1) is 6.61 Å². The Labute approximate surface area is 119 Å². The SMILES string of the molecule is CCC(C)CN(CC)CCCC(C)(CO)NC1CC1. The van der Waals surface area contributed by atoms with E-state index >= 15 is 0 Å². The molecule has 0 aromatic heterocycles. The van der Waals surface area contributed by atoms with Crippen LogP contribution in [-0.4, -0.2) is 47.8 Å². The lowest BCUT2D eigenvalue weighted by Crippen LogP contribution is -2.47. The van der Waals surface area contributed by atoms with Crippen LogP contribution in [0.5, 0.6) is 0 Å². The zero-order chi connectivity index (χ0) is 14.3. The Morgan fingerprint density at radius 1 is 1.37 bits per heavy atom. The van der Waals surface area contributed by atoms with E-state index in [4.69, 9.17) is 0 Å². The van der Waals surface area contributed by atoms with E-state index in [0.717, 1.165) is 25.4 Å². The van der Waals surface area contributed by atoms with Crippen LogP contribution in [0, 0.1) is 5.92 Å². The van der Waals surface area contributed by atoms with E-state index in [-0.39, 0.29) is 12.1 Å². The second-order valence-corrected chi connectivity index (χ2v) is 6.65. The van der Waals surface area contributed by atoms with Gasteiger partial charge in [-0.05, 0) is 51.6 Å². The zero-order valence-corrected chi connectivity index (χ0v) is 13.4. The smallest absolute Gasteiger partial charge is 0.0610 e. The number of hydrogen-bond donors (Lipinski definition) is 2. The van der Waals surface area contributed by atoms with E-state index in [9.17, 15) is 5.11 Å². The normalized spacial score (nSPS) is 20.5. The summed E-state index contributed by atoms with van der Waals surface area (Å²) in [4.78, 5) is 2.54. The Bertz CT molecular complexity index is 243. The van der Waals surface area contributed by atoms with E-state index in [1.54, 1.807) is 0 Å². The van der Waals surface area contributed by atoms with Crippen LogP contribution in [0.15, 0.2) is 0 Å². The molecule has 114 valence electrons. The van der Waals surface area contributed by atoms with Gasteiger partial charge in [-0.3, -0.25) is 0 Å². The first kappa shape index (κ1) is 16.9. The maximum atomic E-state index is 9.59. The number of hydrogen-bond acceptors (Lipinski definition) is 3. The molecule has 0 amide bonds. The Balaban J connectivity index is 2.25. The molecule has 1 fully saturated rings. The molecule has 2 atom stereocenters. The van der Waals surface area contributed by atoms with E-state index in [1.165, 1.54) is 32.2 Å². The first-order valence-electron chi connectivity index (χ1n) is 8.14. The van der Waals surface area contributed by atoms with Crippen molar-refractivity contribution in [2.24, 2.45) is 5.92 Å². The van der Waals surface area contributed by atoms with Gasteiger partial charge in [0.2, 0.25) is 0 Å². The molecule has 19 heavy (non-hydrogen) atoms. The highest BCUT2D eigenvalue weighted by Gasteiger charge is 2.31. The summed E-state index contributed by atoms with van der Waals surface area (Å²) in [6.07, 6.45) is 6.06. The molecule has 1 saturated carbocycles. The molecule has 0 saturated heterocycles. The summed E-state index contributed by atoms with van der Waals surface area (Å²) in [7, 11) is 0. The van der Waals surface area contributed by atoms with Crippen LogP contribution >= 0.6 is 0 Å². The maximum absolute atomic E-state index is 9.59. The van der Waals surface area contributed by atoms with Crippen LogP contribution < -0.4 is 5.32 Å². The summed E-state index contributed by atoms with van der Waals surface area (Å²) < 4.78 is 0. The Morgan fingerprint density at radius 2 is 2.05 bits per heavy atom. The van der Waals surface area contributed by atoms with Crippen molar-refractivity contribution in [3.05, 3.63) is 0 Å². The molecule has 0 aromatic carbocycles. The molecule has 0 bridgehead atoms. The second kappa shape index (κ2) is 8.23. The first-order valence-corrected chi connectivity index (χ1v) is 8.14. The van der Waals surface area contributed by atoms with Crippen molar-refractivity contribution < 1.29 is 5.11 Å². The van der Waals surface area contributed by atoms with Crippen molar-refractivity contribution in [3.8, 4) is 0 Å². The molecule has 3 heteroatoms. The third kappa shape index (κ3) is 6.73. The predicted molar refractivity (Wildman–Crippen MR) is 82.5 cm³/mol. The van der Waals surface area contributed by atoms with Gasteiger partial charge in [-0.2, -0.15) is 0 Å². The van der Waals surface area contributed by atoms with E-state index in [2.05, 4.69) is 37.9 Å². The molecule has 2 N–H and O–H groups in total. The molecule has 0 aromatic rings. The number of aliphatic hydroxyl groups excluding tert-OH is 1. The number of nitrogens with one attached hydrogen (secondary N) is 1. The van der Waals surface area contributed by atoms with Gasteiger partial charge in [-0.15, -0.1) is 0 Å². The van der Waals surface area contributed by atoms with E-state index in [1.807, 2.05) is 0 Å². The van der Waals surface area contributed by atoms with Gasteiger partial charge in [-0.1, -0.05) is 27.2 Å². The van der Waals surface area contributed by atoms with Crippen LogP contribution in [0.3, 0.4) is 0 Å². The first-order chi connectivity index (χ1) is 9.03. The average Bonchev–Trinajstić information content (AvgIpc) is 3.21. The molecule has 3 nitrogen and oxygen atoms in total. The fourth-order valence-electron chi connectivity index (χ4n) is 2.56. The van der Waals surface area contributed by atoms with Gasteiger partial charge in [-0.25, -0.2) is 0 Å². The van der Waals surface area contributed by atoms with Gasteiger partial charge >= 0.3 is 0 Å². The third-order valence-corrected chi connectivity index (χ3v) is 4.40. The Kier molecular flexibility index (Phi) is 7.33. The highest BCUT2D eigenvalue weighted by molar-refractivity contribution is 4.92. The Hall–Kier alpha value is -0.120. The topological polar surface area (TPSA) is 35.5 Å². The minimum atomic E-state index is -0.0725. The largest absolute Gasteiger partial charge is 0.394 e. The fraction of sp³-hybridized carbons (Fsp3) is 1.00. The van der Waals surface area contributed by atoms with Gasteiger partial charge < -0.3 is 15.3 Å². The second-order valence-electron chi connectivity index (χ2n) is 6.65. The maximum Gasteiger partial charge on any atom is 0.0610 e. The minimum absolute atomic E-state index is 0.0725. The third-order valence-electron chi connectivity index (χ3n) is 4.40. The van der Waals surface area contributed by atoms with Crippen LogP contribution in [0.25, 0.3) is 0 Å². The van der Waals surface area contributed by atoms with Crippen molar-refractivity contribution >= 4 is 0 Å². The van der Waals surface area contributed by atoms with Crippen molar-refractivity contribution in [3.63, 3.8) is 0 Å². The van der Waals surface area contributed by atoms with Crippen molar-refractivity contribution in [1.82, 2.24) is 10.2 Å². The molecule has 0 spiro atoms. The molecular formula is C16H34N2O. The number of rotatable bonds is 11. The molecular weight excluding hydrogens is 236 g/mol.